The van der Waals surface area contributed by atoms with Gasteiger partial charge in [0.2, 0.25) is 11.8 Å². The molecule has 0 aliphatic heterocycles. The molecule has 0 radical (unpaired) electrons. The van der Waals surface area contributed by atoms with Gasteiger partial charge >= 0.3 is 23.1 Å². The Bertz CT molecular complexity index is 3110. The molecule has 6 nitrogen and oxygen atoms in total. The Morgan fingerprint density at radius 2 is 0.816 bits per heavy atom. The van der Waals surface area contributed by atoms with Crippen LogP contribution < -0.4 is 22.3 Å². The van der Waals surface area contributed by atoms with Crippen molar-refractivity contribution in [3.63, 3.8) is 0 Å². The average Bonchev–Trinajstić information content (AvgIpc) is 4.09. The number of halogens is 1. The molecule has 380 valence electrons. The molecule has 1 atom stereocenters. The maximum atomic E-state index is 6.67. The maximum absolute atomic E-state index is 6.67. The number of para-hydroxylation sites is 2. The van der Waals surface area contributed by atoms with Crippen molar-refractivity contribution >= 4 is 40.6 Å². The standard InChI is InChI=1S/C34H34N2O.C28H28N2O.C6H5.BrH.Mg/c1-23(2)28-21-14-22-29(24(3)4)32(28)35-31(26-17-10-6-11-18-26)34-36-30(25-15-8-5-9-16-25)33(37-34)27-19-12-7-13-20-27;1-19(2)23-16-11-17-24(20(3)4)27(23)29-18-25-30-26(21-12-7-5-8-13-21)28(31-25)22-14-9-6-10-15-22;1-2-4-6-5-3-1;;/h5-24,31,35H,1-4H3;5-20H,1-4H3;1-5H;1H;/q;;-1;;+2/p-1. The van der Waals surface area contributed by atoms with Gasteiger partial charge in [0.15, 0.2) is 11.5 Å². The molecule has 0 fully saturated rings. The number of oxazole rings is 2. The summed E-state index contributed by atoms with van der Waals surface area (Å²) in [6.45, 7) is 17.8. The minimum absolute atomic E-state index is 0. The molecule has 2 heterocycles. The van der Waals surface area contributed by atoms with Crippen LogP contribution in [-0.2, 0) is 0 Å². The molecule has 0 aliphatic carbocycles. The topological polar surface area (TPSA) is 76.5 Å². The summed E-state index contributed by atoms with van der Waals surface area (Å²) in [5.41, 5.74) is 14.1. The third-order valence-electron chi connectivity index (χ3n) is 12.7. The summed E-state index contributed by atoms with van der Waals surface area (Å²) in [5.74, 6) is 4.22. The Balaban J connectivity index is 0.000000219. The van der Waals surface area contributed by atoms with E-state index in [0.29, 0.717) is 35.5 Å². The number of hydrogen-bond donors (Lipinski definition) is 1. The molecule has 10 rings (SSSR count). The molecule has 8 heteroatoms. The van der Waals surface area contributed by atoms with Gasteiger partial charge in [0, 0.05) is 27.9 Å². The van der Waals surface area contributed by atoms with Crippen molar-refractivity contribution in [1.82, 2.24) is 9.97 Å². The Morgan fingerprint density at radius 1 is 0.434 bits per heavy atom. The van der Waals surface area contributed by atoms with Crippen LogP contribution in [0.5, 0.6) is 0 Å². The predicted octanol–water partition coefficient (Wildman–Crippen LogP) is 15.6. The number of hydrogen-bond acceptors (Lipinski definition) is 6. The van der Waals surface area contributed by atoms with Crippen LogP contribution in [-0.4, -0.2) is 39.2 Å². The molecule has 1 unspecified atom stereocenters. The van der Waals surface area contributed by atoms with Gasteiger partial charge in [-0.3, -0.25) is 4.99 Å². The maximum Gasteiger partial charge on any atom is 2.00 e. The van der Waals surface area contributed by atoms with Gasteiger partial charge < -0.3 is 31.1 Å². The van der Waals surface area contributed by atoms with Crippen molar-refractivity contribution in [3.8, 4) is 45.2 Å². The summed E-state index contributed by atoms with van der Waals surface area (Å²) in [7, 11) is 0. The van der Waals surface area contributed by atoms with Crippen molar-refractivity contribution in [2.45, 2.75) is 85.1 Å². The van der Waals surface area contributed by atoms with Gasteiger partial charge in [-0.1, -0.05) is 243 Å². The summed E-state index contributed by atoms with van der Waals surface area (Å²) in [6, 6.07) is 76.5. The molecule has 2 aromatic heterocycles. The summed E-state index contributed by atoms with van der Waals surface area (Å²) >= 11 is 0. The van der Waals surface area contributed by atoms with Crippen LogP contribution in [0.4, 0.5) is 11.4 Å². The number of nitrogens with one attached hydrogen (secondary N) is 1. The number of nitrogens with zero attached hydrogens (tertiary/aromatic N) is 3. The summed E-state index contributed by atoms with van der Waals surface area (Å²) in [4.78, 5) is 14.8. The fourth-order valence-electron chi connectivity index (χ4n) is 8.92. The van der Waals surface area contributed by atoms with E-state index in [9.17, 15) is 0 Å². The predicted molar refractivity (Wildman–Crippen MR) is 314 cm³/mol. The Hall–Kier alpha value is -7.10. The molecular weight excluding hydrogens is 1010 g/mol. The Kier molecular flexibility index (Phi) is 22.0. The van der Waals surface area contributed by atoms with E-state index < -0.39 is 0 Å². The van der Waals surface area contributed by atoms with E-state index in [0.717, 1.165) is 56.4 Å². The monoisotopic (exact) mass is 1070 g/mol. The van der Waals surface area contributed by atoms with E-state index in [1.165, 1.54) is 27.9 Å². The van der Waals surface area contributed by atoms with Crippen LogP contribution >= 0.6 is 0 Å². The molecule has 0 amide bonds. The van der Waals surface area contributed by atoms with Crippen LogP contribution in [0, 0.1) is 6.07 Å². The second-order valence-corrected chi connectivity index (χ2v) is 19.5. The normalized spacial score (nSPS) is 11.3. The number of aliphatic imine (C=N–C) groups is 1. The van der Waals surface area contributed by atoms with Crippen LogP contribution in [0.1, 0.15) is 125 Å². The Labute approximate surface area is 477 Å². The summed E-state index contributed by atoms with van der Waals surface area (Å²) in [6.07, 6.45) is 1.76. The average molecular weight is 1080 g/mol. The second kappa shape index (κ2) is 28.7. The molecule has 10 aromatic rings. The molecule has 1 N–H and O–H groups in total. The van der Waals surface area contributed by atoms with Crippen LogP contribution in [0.25, 0.3) is 45.2 Å². The van der Waals surface area contributed by atoms with Gasteiger partial charge in [0.1, 0.15) is 17.4 Å². The van der Waals surface area contributed by atoms with E-state index in [2.05, 4.69) is 164 Å². The van der Waals surface area contributed by atoms with Gasteiger partial charge in [-0.05, 0) is 51.5 Å². The van der Waals surface area contributed by atoms with E-state index >= 15 is 0 Å². The van der Waals surface area contributed by atoms with Crippen molar-refractivity contribution in [1.29, 1.82) is 0 Å². The molecule has 8 aromatic carbocycles. The van der Waals surface area contributed by atoms with Crippen molar-refractivity contribution in [2.24, 2.45) is 4.99 Å². The fraction of sp³-hybridized carbons (Fsp3) is 0.191. The second-order valence-electron chi connectivity index (χ2n) is 19.5. The van der Waals surface area contributed by atoms with Gasteiger partial charge in [-0.2, -0.15) is 36.4 Å². The zero-order valence-electron chi connectivity index (χ0n) is 45.0. The molecule has 76 heavy (non-hydrogen) atoms. The third-order valence-corrected chi connectivity index (χ3v) is 12.7. The first-order valence-corrected chi connectivity index (χ1v) is 25.8. The fourth-order valence-corrected chi connectivity index (χ4v) is 8.92. The molecule has 0 aliphatic rings. The van der Waals surface area contributed by atoms with Gasteiger partial charge in [-0.25, -0.2) is 9.97 Å². The molecular formula is C68H67BrMgN4O2. The summed E-state index contributed by atoms with van der Waals surface area (Å²) in [5, 5.41) is 3.90. The largest absolute Gasteiger partial charge is 2.00 e. The molecule has 0 bridgehead atoms. The molecule has 0 saturated carbocycles. The third kappa shape index (κ3) is 14.8. The van der Waals surface area contributed by atoms with Crippen LogP contribution in [0.3, 0.4) is 0 Å². The SMILES string of the molecule is CC(C)c1cccc(C(C)C)c1N=Cc1nc(-c2ccccc2)c(-c2ccccc2)o1.CC(C)c1cccc(C(C)C)c1NC(c1ccccc1)c1nc(-c2ccccc2)c(-c2ccccc2)o1.[Br-].[Mg+2].[c-]1ccccc1. The first-order chi connectivity index (χ1) is 36.1. The van der Waals surface area contributed by atoms with Crippen molar-refractivity contribution in [3.05, 3.63) is 264 Å². The van der Waals surface area contributed by atoms with Gasteiger partial charge in [0.25, 0.3) is 0 Å². The molecule has 0 spiro atoms. The van der Waals surface area contributed by atoms with Gasteiger partial charge in [0.05, 0.1) is 11.9 Å². The zero-order valence-corrected chi connectivity index (χ0v) is 48.0. The zero-order chi connectivity index (χ0) is 51.8. The number of benzene rings is 8. The van der Waals surface area contributed by atoms with E-state index in [4.69, 9.17) is 23.8 Å². The minimum atomic E-state index is -0.251. The van der Waals surface area contributed by atoms with E-state index in [-0.39, 0.29) is 46.1 Å². The first-order valence-electron chi connectivity index (χ1n) is 25.8. The van der Waals surface area contributed by atoms with Crippen LogP contribution in [0.15, 0.2) is 232 Å². The number of aromatic nitrogens is 2. The Morgan fingerprint density at radius 3 is 1.22 bits per heavy atom. The van der Waals surface area contributed by atoms with E-state index in [1.807, 2.05) is 121 Å². The van der Waals surface area contributed by atoms with Gasteiger partial charge in [-0.15, -0.1) is 0 Å². The smallest absolute Gasteiger partial charge is 1.00 e. The van der Waals surface area contributed by atoms with E-state index in [1.54, 1.807) is 6.21 Å². The van der Waals surface area contributed by atoms with Crippen molar-refractivity contribution in [2.75, 3.05) is 5.32 Å². The quantitative estimate of drug-likeness (QED) is 0.0667. The first kappa shape index (κ1) is 58.2. The van der Waals surface area contributed by atoms with Crippen molar-refractivity contribution < 1.29 is 25.8 Å². The number of rotatable bonds is 14. The minimum Gasteiger partial charge on any atom is -1.00 e. The van der Waals surface area contributed by atoms with Crippen LogP contribution in [0.2, 0.25) is 0 Å². The molecule has 0 saturated heterocycles. The summed E-state index contributed by atoms with van der Waals surface area (Å²) < 4.78 is 12.9. The number of anilines is 1.